The van der Waals surface area contributed by atoms with E-state index in [1.165, 1.54) is 0 Å². The molecule has 3 heteroatoms. The number of phenols is 1. The maximum absolute atomic E-state index is 9.85. The van der Waals surface area contributed by atoms with Gasteiger partial charge in [-0.15, -0.1) is 0 Å². The minimum absolute atomic E-state index is 0.240. The Kier molecular flexibility index (Phi) is 3.79. The molecular weight excluding hydrogens is 272 g/mol. The number of pyridine rings is 1. The van der Waals surface area contributed by atoms with Gasteiger partial charge in [0.05, 0.1) is 11.4 Å². The quantitative estimate of drug-likeness (QED) is 0.747. The van der Waals surface area contributed by atoms with E-state index in [9.17, 15) is 5.11 Å². The summed E-state index contributed by atoms with van der Waals surface area (Å²) in [6.45, 7) is 4.11. The van der Waals surface area contributed by atoms with Crippen molar-refractivity contribution in [1.82, 2.24) is 4.98 Å². The first kappa shape index (κ1) is 14.1. The summed E-state index contributed by atoms with van der Waals surface area (Å²) in [7, 11) is 0. The molecule has 2 aromatic carbocycles. The molecule has 1 N–H and O–H groups in total. The van der Waals surface area contributed by atoms with Crippen LogP contribution in [0.2, 0.25) is 0 Å². The number of hydrogen-bond donors (Lipinski definition) is 1. The fraction of sp³-hybridized carbons (Fsp3) is 0.105. The predicted molar refractivity (Wildman–Crippen MR) is 90.1 cm³/mol. The largest absolute Gasteiger partial charge is 0.508 e. The van der Waals surface area contributed by atoms with E-state index >= 15 is 0 Å². The fourth-order valence-electron chi connectivity index (χ4n) is 2.53. The van der Waals surface area contributed by atoms with E-state index in [-0.39, 0.29) is 5.75 Å². The van der Waals surface area contributed by atoms with Crippen LogP contribution in [0.25, 0.3) is 0 Å². The molecule has 110 valence electrons. The summed E-state index contributed by atoms with van der Waals surface area (Å²) in [4.78, 5) is 6.62. The maximum atomic E-state index is 9.85. The first-order valence-electron chi connectivity index (χ1n) is 7.23. The molecule has 0 amide bonds. The Balaban J connectivity index is 2.24. The molecule has 3 aromatic rings. The van der Waals surface area contributed by atoms with Crippen molar-refractivity contribution in [3.05, 3.63) is 78.0 Å². The summed E-state index contributed by atoms with van der Waals surface area (Å²) < 4.78 is 0. The average molecular weight is 290 g/mol. The Morgan fingerprint density at radius 3 is 2.36 bits per heavy atom. The zero-order valence-electron chi connectivity index (χ0n) is 12.7. The lowest BCUT2D eigenvalue weighted by Crippen LogP contribution is -2.13. The van der Waals surface area contributed by atoms with Gasteiger partial charge in [-0.05, 0) is 49.2 Å². The van der Waals surface area contributed by atoms with Crippen molar-refractivity contribution in [2.24, 2.45) is 0 Å². The summed E-state index contributed by atoms with van der Waals surface area (Å²) in [5.74, 6) is 1.10. The summed E-state index contributed by atoms with van der Waals surface area (Å²) in [6, 6.07) is 19.4. The van der Waals surface area contributed by atoms with Crippen molar-refractivity contribution in [3.63, 3.8) is 0 Å². The van der Waals surface area contributed by atoms with Crippen LogP contribution in [-0.4, -0.2) is 10.1 Å². The van der Waals surface area contributed by atoms with Gasteiger partial charge in [0.1, 0.15) is 11.6 Å². The van der Waals surface area contributed by atoms with Crippen LogP contribution < -0.4 is 4.90 Å². The minimum atomic E-state index is 0.240. The number of benzene rings is 2. The summed E-state index contributed by atoms with van der Waals surface area (Å²) in [6.07, 6.45) is 1.79. The summed E-state index contributed by atoms with van der Waals surface area (Å²) in [5.41, 5.74) is 4.16. The van der Waals surface area contributed by atoms with Gasteiger partial charge in [-0.3, -0.25) is 4.90 Å². The van der Waals surface area contributed by atoms with Crippen LogP contribution in [0.15, 0.2) is 66.9 Å². The Morgan fingerprint density at radius 1 is 0.864 bits per heavy atom. The van der Waals surface area contributed by atoms with Crippen LogP contribution in [0.4, 0.5) is 17.2 Å². The molecule has 0 bridgehead atoms. The number of rotatable bonds is 3. The van der Waals surface area contributed by atoms with E-state index in [4.69, 9.17) is 0 Å². The lowest BCUT2D eigenvalue weighted by molar-refractivity contribution is 0.475. The number of nitrogens with zero attached hydrogens (tertiary/aromatic N) is 2. The van der Waals surface area contributed by atoms with Crippen molar-refractivity contribution >= 4 is 17.2 Å². The molecule has 1 heterocycles. The topological polar surface area (TPSA) is 36.4 Å². The van der Waals surface area contributed by atoms with Gasteiger partial charge in [0.15, 0.2) is 0 Å². The summed E-state index contributed by atoms with van der Waals surface area (Å²) in [5, 5.41) is 9.85. The van der Waals surface area contributed by atoms with E-state index in [1.54, 1.807) is 18.3 Å². The molecule has 22 heavy (non-hydrogen) atoms. The fourth-order valence-corrected chi connectivity index (χ4v) is 2.53. The molecule has 0 aliphatic rings. The molecule has 0 spiro atoms. The average Bonchev–Trinajstić information content (AvgIpc) is 2.51. The normalized spacial score (nSPS) is 10.5. The zero-order chi connectivity index (χ0) is 15.5. The van der Waals surface area contributed by atoms with Crippen LogP contribution in [0.3, 0.4) is 0 Å². The monoisotopic (exact) mass is 290 g/mol. The molecule has 0 saturated carbocycles. The summed E-state index contributed by atoms with van der Waals surface area (Å²) >= 11 is 0. The van der Waals surface area contributed by atoms with Gasteiger partial charge in [-0.25, -0.2) is 4.98 Å². The number of anilines is 3. The van der Waals surface area contributed by atoms with Gasteiger partial charge in [0.25, 0.3) is 0 Å². The van der Waals surface area contributed by atoms with Gasteiger partial charge < -0.3 is 5.11 Å². The Bertz CT molecular complexity index is 753. The molecule has 3 nitrogen and oxygen atoms in total. The molecule has 1 aromatic heterocycles. The zero-order valence-corrected chi connectivity index (χ0v) is 12.7. The molecule has 0 aliphatic heterocycles. The van der Waals surface area contributed by atoms with Gasteiger partial charge in [-0.1, -0.05) is 30.3 Å². The highest BCUT2D eigenvalue weighted by Gasteiger charge is 2.17. The molecule has 0 fully saturated rings. The molecular formula is C19H18N2O. The van der Waals surface area contributed by atoms with E-state index < -0.39 is 0 Å². The van der Waals surface area contributed by atoms with Crippen LogP contribution in [0.1, 0.15) is 11.1 Å². The second-order valence-electron chi connectivity index (χ2n) is 5.29. The van der Waals surface area contributed by atoms with Crippen LogP contribution in [0.5, 0.6) is 5.75 Å². The number of aromatic nitrogens is 1. The van der Waals surface area contributed by atoms with Crippen LogP contribution >= 0.6 is 0 Å². The number of hydrogen-bond acceptors (Lipinski definition) is 3. The third kappa shape index (κ3) is 2.66. The van der Waals surface area contributed by atoms with Gasteiger partial charge in [0, 0.05) is 12.3 Å². The highest BCUT2D eigenvalue weighted by Crippen LogP contribution is 2.37. The van der Waals surface area contributed by atoms with Gasteiger partial charge in [-0.2, -0.15) is 0 Å². The Hall–Kier alpha value is -2.81. The molecule has 0 aliphatic carbocycles. The number of aromatic hydroxyl groups is 1. The molecule has 3 rings (SSSR count). The van der Waals surface area contributed by atoms with E-state index in [2.05, 4.69) is 28.9 Å². The molecule has 0 radical (unpaired) electrons. The first-order valence-corrected chi connectivity index (χ1v) is 7.23. The van der Waals surface area contributed by atoms with Crippen LogP contribution in [0, 0.1) is 13.8 Å². The van der Waals surface area contributed by atoms with Crippen molar-refractivity contribution in [2.45, 2.75) is 13.8 Å². The van der Waals surface area contributed by atoms with Gasteiger partial charge in [0.2, 0.25) is 0 Å². The van der Waals surface area contributed by atoms with E-state index in [1.807, 2.05) is 43.3 Å². The second kappa shape index (κ2) is 5.90. The smallest absolute Gasteiger partial charge is 0.140 e. The molecule has 0 atom stereocenters. The van der Waals surface area contributed by atoms with Crippen LogP contribution in [-0.2, 0) is 0 Å². The SMILES string of the molecule is Cc1ccccc1N(c1cccc(O)c1)c1ncccc1C. The number of aryl methyl sites for hydroxylation is 2. The van der Waals surface area contributed by atoms with Crippen molar-refractivity contribution in [2.75, 3.05) is 4.90 Å². The predicted octanol–water partition coefficient (Wildman–Crippen LogP) is 4.87. The highest BCUT2D eigenvalue weighted by molar-refractivity contribution is 5.78. The lowest BCUT2D eigenvalue weighted by atomic mass is 10.1. The molecule has 0 saturated heterocycles. The van der Waals surface area contributed by atoms with E-state index in [0.29, 0.717) is 0 Å². The van der Waals surface area contributed by atoms with Crippen molar-refractivity contribution < 1.29 is 5.11 Å². The lowest BCUT2D eigenvalue weighted by Gasteiger charge is -2.27. The third-order valence-electron chi connectivity index (χ3n) is 3.64. The maximum Gasteiger partial charge on any atom is 0.140 e. The minimum Gasteiger partial charge on any atom is -0.508 e. The third-order valence-corrected chi connectivity index (χ3v) is 3.64. The molecule has 0 unspecified atom stereocenters. The Morgan fingerprint density at radius 2 is 1.64 bits per heavy atom. The van der Waals surface area contributed by atoms with Crippen molar-refractivity contribution in [1.29, 1.82) is 0 Å². The second-order valence-corrected chi connectivity index (χ2v) is 5.29. The number of phenolic OH excluding ortho intramolecular Hbond substituents is 1. The van der Waals surface area contributed by atoms with Gasteiger partial charge >= 0.3 is 0 Å². The van der Waals surface area contributed by atoms with E-state index in [0.717, 1.165) is 28.3 Å². The number of para-hydroxylation sites is 1. The standard InChI is InChI=1S/C19H18N2O/c1-14-7-3-4-11-18(14)21(16-9-5-10-17(22)13-16)19-15(2)8-6-12-20-19/h3-13,22H,1-2H3. The van der Waals surface area contributed by atoms with Crippen molar-refractivity contribution in [3.8, 4) is 5.75 Å². The highest BCUT2D eigenvalue weighted by atomic mass is 16.3. The first-order chi connectivity index (χ1) is 10.7. The Labute approximate surface area is 130 Å².